The van der Waals surface area contributed by atoms with Gasteiger partial charge in [0, 0.05) is 17.0 Å². The van der Waals surface area contributed by atoms with Gasteiger partial charge in [0.15, 0.2) is 5.75 Å². The predicted molar refractivity (Wildman–Crippen MR) is 177 cm³/mol. The fourth-order valence-electron chi connectivity index (χ4n) is 6.53. The van der Waals surface area contributed by atoms with Crippen molar-refractivity contribution < 1.29 is 4.74 Å². The van der Waals surface area contributed by atoms with Gasteiger partial charge in [-0.3, -0.25) is 9.36 Å². The van der Waals surface area contributed by atoms with Crippen molar-refractivity contribution in [3.05, 3.63) is 149 Å². The standard InChI is InChI=1S/C39H25N3O2/c43-37-18-17-30-31(28-15-13-24-7-1-3-9-26(24)19-28)21-32(29-16-14-25-8-2-4-10-27(25)20-29)39-38(30)42(37)22-35-36(23-44-39)41-34-12-6-5-11-33(34)40-35/h1-21H,22-23H2. The molecule has 0 fully saturated rings. The molecule has 2 aromatic heterocycles. The van der Waals surface area contributed by atoms with Gasteiger partial charge in [-0.2, -0.15) is 0 Å². The zero-order valence-electron chi connectivity index (χ0n) is 23.7. The zero-order chi connectivity index (χ0) is 29.2. The molecule has 0 radical (unpaired) electrons. The van der Waals surface area contributed by atoms with Crippen LogP contribution < -0.4 is 10.3 Å². The largest absolute Gasteiger partial charge is 0.484 e. The minimum atomic E-state index is -0.106. The van der Waals surface area contributed by atoms with Crippen LogP contribution in [0.15, 0.2) is 132 Å². The normalized spacial score (nSPS) is 12.6. The van der Waals surface area contributed by atoms with Crippen molar-refractivity contribution in [1.82, 2.24) is 14.5 Å². The van der Waals surface area contributed by atoms with Crippen LogP contribution in [-0.2, 0) is 13.2 Å². The molecule has 0 bridgehead atoms. The van der Waals surface area contributed by atoms with Gasteiger partial charge in [0.05, 0.1) is 28.8 Å². The Bertz CT molecular complexity index is 2510. The lowest BCUT2D eigenvalue weighted by molar-refractivity contribution is 0.300. The molecule has 0 unspecified atom stereocenters. The molecule has 0 saturated heterocycles. The van der Waals surface area contributed by atoms with E-state index in [1.54, 1.807) is 10.6 Å². The Balaban J connectivity index is 1.37. The highest BCUT2D eigenvalue weighted by Gasteiger charge is 2.24. The zero-order valence-corrected chi connectivity index (χ0v) is 23.7. The number of benzene rings is 6. The van der Waals surface area contributed by atoms with E-state index < -0.39 is 0 Å². The first kappa shape index (κ1) is 24.8. The maximum Gasteiger partial charge on any atom is 0.251 e. The van der Waals surface area contributed by atoms with Crippen LogP contribution in [0.3, 0.4) is 0 Å². The summed E-state index contributed by atoms with van der Waals surface area (Å²) in [6.07, 6.45) is 0. The summed E-state index contributed by atoms with van der Waals surface area (Å²) in [6, 6.07) is 43.4. The predicted octanol–water partition coefficient (Wildman–Crippen LogP) is 8.53. The van der Waals surface area contributed by atoms with E-state index in [4.69, 9.17) is 14.7 Å². The number of para-hydroxylation sites is 2. The molecule has 0 saturated carbocycles. The average Bonchev–Trinajstić information content (AvgIpc) is 3.06. The molecule has 44 heavy (non-hydrogen) atoms. The maximum absolute atomic E-state index is 13.7. The summed E-state index contributed by atoms with van der Waals surface area (Å²) in [4.78, 5) is 23.6. The third-order valence-electron chi connectivity index (χ3n) is 8.73. The van der Waals surface area contributed by atoms with Crippen molar-refractivity contribution in [2.24, 2.45) is 0 Å². The molecule has 0 atom stereocenters. The summed E-state index contributed by atoms with van der Waals surface area (Å²) in [6.45, 7) is 0.555. The molecule has 0 N–H and O–H groups in total. The number of pyridine rings is 1. The maximum atomic E-state index is 13.7. The van der Waals surface area contributed by atoms with Crippen molar-refractivity contribution in [3.63, 3.8) is 0 Å². The fourth-order valence-corrected chi connectivity index (χ4v) is 6.53. The van der Waals surface area contributed by atoms with E-state index in [0.29, 0.717) is 12.3 Å². The molecular weight excluding hydrogens is 542 g/mol. The lowest BCUT2D eigenvalue weighted by atomic mass is 9.91. The van der Waals surface area contributed by atoms with E-state index in [9.17, 15) is 4.79 Å². The van der Waals surface area contributed by atoms with Crippen LogP contribution in [0.4, 0.5) is 0 Å². The van der Waals surface area contributed by atoms with Gasteiger partial charge in [0.2, 0.25) is 0 Å². The molecule has 0 aliphatic carbocycles. The smallest absolute Gasteiger partial charge is 0.251 e. The molecule has 5 heteroatoms. The Morgan fingerprint density at radius 3 is 1.84 bits per heavy atom. The molecule has 3 heterocycles. The number of nitrogens with zero attached hydrogens (tertiary/aromatic N) is 3. The van der Waals surface area contributed by atoms with Crippen LogP contribution in [0.2, 0.25) is 0 Å². The van der Waals surface area contributed by atoms with E-state index in [1.165, 1.54) is 10.8 Å². The van der Waals surface area contributed by atoms with Gasteiger partial charge < -0.3 is 4.74 Å². The molecule has 5 nitrogen and oxygen atoms in total. The van der Waals surface area contributed by atoms with E-state index in [-0.39, 0.29) is 12.2 Å². The minimum absolute atomic E-state index is 0.106. The SMILES string of the molecule is O=c1ccc2c(-c3ccc4ccccc4c3)cc(-c3ccc4ccccc4c3)c3c2n1Cc1nc2ccccc2nc1CO3. The van der Waals surface area contributed by atoms with Gasteiger partial charge in [-0.25, -0.2) is 9.97 Å². The summed E-state index contributed by atoms with van der Waals surface area (Å²) in [5.41, 5.74) is 7.83. The second-order valence-electron chi connectivity index (χ2n) is 11.3. The minimum Gasteiger partial charge on any atom is -0.484 e. The summed E-state index contributed by atoms with van der Waals surface area (Å²) in [7, 11) is 0. The highest BCUT2D eigenvalue weighted by Crippen LogP contribution is 2.44. The van der Waals surface area contributed by atoms with E-state index in [1.807, 2.05) is 30.3 Å². The Labute approximate surface area is 252 Å². The summed E-state index contributed by atoms with van der Waals surface area (Å²) in [5, 5.41) is 5.61. The Hall–Kier alpha value is -5.81. The van der Waals surface area contributed by atoms with Gasteiger partial charge in [0.1, 0.15) is 12.3 Å². The first-order valence-corrected chi connectivity index (χ1v) is 14.8. The first-order valence-electron chi connectivity index (χ1n) is 14.8. The Morgan fingerprint density at radius 2 is 1.16 bits per heavy atom. The molecular formula is C39H25N3O2. The molecule has 208 valence electrons. The molecule has 0 amide bonds. The number of ether oxygens (including phenoxy) is 1. The third-order valence-corrected chi connectivity index (χ3v) is 8.73. The van der Waals surface area contributed by atoms with Crippen molar-refractivity contribution in [3.8, 4) is 28.0 Å². The number of hydrogen-bond acceptors (Lipinski definition) is 4. The highest BCUT2D eigenvalue weighted by molar-refractivity contribution is 6.05. The van der Waals surface area contributed by atoms with Gasteiger partial charge in [-0.05, 0) is 74.6 Å². The molecule has 1 aliphatic heterocycles. The van der Waals surface area contributed by atoms with Crippen molar-refractivity contribution in [2.75, 3.05) is 0 Å². The Morgan fingerprint density at radius 1 is 0.568 bits per heavy atom. The highest BCUT2D eigenvalue weighted by atomic mass is 16.5. The number of rotatable bonds is 2. The quantitative estimate of drug-likeness (QED) is 0.210. The van der Waals surface area contributed by atoms with E-state index in [0.717, 1.165) is 66.4 Å². The number of hydrogen-bond donors (Lipinski definition) is 0. The molecule has 8 aromatic rings. The Kier molecular flexibility index (Phi) is 5.41. The average molecular weight is 568 g/mol. The van der Waals surface area contributed by atoms with Crippen molar-refractivity contribution >= 4 is 43.5 Å². The molecule has 9 rings (SSSR count). The van der Waals surface area contributed by atoms with Crippen LogP contribution in [-0.4, -0.2) is 14.5 Å². The van der Waals surface area contributed by atoms with Crippen LogP contribution in [0.5, 0.6) is 5.75 Å². The van der Waals surface area contributed by atoms with E-state index >= 15 is 0 Å². The molecule has 0 spiro atoms. The summed E-state index contributed by atoms with van der Waals surface area (Å²) in [5.74, 6) is 0.679. The van der Waals surface area contributed by atoms with Crippen LogP contribution in [0, 0.1) is 0 Å². The van der Waals surface area contributed by atoms with Crippen molar-refractivity contribution in [2.45, 2.75) is 13.2 Å². The van der Waals surface area contributed by atoms with Gasteiger partial charge >= 0.3 is 0 Å². The topological polar surface area (TPSA) is 57.0 Å². The lowest BCUT2D eigenvalue weighted by Gasteiger charge is -2.24. The monoisotopic (exact) mass is 567 g/mol. The van der Waals surface area contributed by atoms with E-state index in [2.05, 4.69) is 91.0 Å². The van der Waals surface area contributed by atoms with Crippen LogP contribution in [0.1, 0.15) is 11.4 Å². The number of fused-ring (bicyclic) bond motifs is 4. The van der Waals surface area contributed by atoms with Gasteiger partial charge in [-0.15, -0.1) is 0 Å². The first-order chi connectivity index (χ1) is 21.7. The third kappa shape index (κ3) is 3.90. The van der Waals surface area contributed by atoms with Gasteiger partial charge in [-0.1, -0.05) is 84.9 Å². The molecule has 6 aromatic carbocycles. The molecule has 1 aliphatic rings. The summed E-state index contributed by atoms with van der Waals surface area (Å²) >= 11 is 0. The van der Waals surface area contributed by atoms with Crippen LogP contribution in [0.25, 0.3) is 65.7 Å². The van der Waals surface area contributed by atoms with Gasteiger partial charge in [0.25, 0.3) is 5.56 Å². The fraction of sp³-hybridized carbons (Fsp3) is 0.0513. The lowest BCUT2D eigenvalue weighted by Crippen LogP contribution is -2.24. The van der Waals surface area contributed by atoms with Crippen LogP contribution >= 0.6 is 0 Å². The van der Waals surface area contributed by atoms with Crippen molar-refractivity contribution in [1.29, 1.82) is 0 Å². The number of aromatic nitrogens is 3. The summed E-state index contributed by atoms with van der Waals surface area (Å²) < 4.78 is 8.53. The second-order valence-corrected chi connectivity index (χ2v) is 11.3. The second kappa shape index (κ2) is 9.61.